The maximum atomic E-state index is 12.0. The van der Waals surface area contributed by atoms with E-state index in [2.05, 4.69) is 10.3 Å². The van der Waals surface area contributed by atoms with Crippen LogP contribution in [0.4, 0.5) is 5.13 Å². The fourth-order valence-electron chi connectivity index (χ4n) is 2.04. The highest BCUT2D eigenvalue weighted by atomic mass is 32.1. The summed E-state index contributed by atoms with van der Waals surface area (Å²) in [5.41, 5.74) is 1.20. The number of hydrogen-bond donors (Lipinski definition) is 2. The Hall–Kier alpha value is -2.87. The van der Waals surface area contributed by atoms with Gasteiger partial charge in [0.25, 0.3) is 0 Å². The van der Waals surface area contributed by atoms with Crippen molar-refractivity contribution in [1.82, 2.24) is 4.98 Å². The van der Waals surface area contributed by atoms with Crippen LogP contribution < -0.4 is 14.8 Å². The van der Waals surface area contributed by atoms with E-state index in [0.29, 0.717) is 28.9 Å². The lowest BCUT2D eigenvalue weighted by atomic mass is 10.2. The number of methoxy groups -OCH3 is 1. The molecule has 0 aliphatic carbocycles. The highest BCUT2D eigenvalue weighted by Gasteiger charge is 2.08. The molecule has 0 atom stereocenters. The monoisotopic (exact) mass is 376 g/mol. The molecule has 0 spiro atoms. The van der Waals surface area contributed by atoms with E-state index >= 15 is 0 Å². The smallest absolute Gasteiger partial charge is 0.309 e. The molecule has 0 radical (unpaired) electrons. The van der Waals surface area contributed by atoms with Gasteiger partial charge in [0, 0.05) is 11.5 Å². The maximum Gasteiger partial charge on any atom is 0.309 e. The van der Waals surface area contributed by atoms with Crippen molar-refractivity contribution in [2.75, 3.05) is 19.0 Å². The fourth-order valence-corrected chi connectivity index (χ4v) is 2.75. The fraction of sp³-hybridized carbons (Fsp3) is 0.278. The van der Waals surface area contributed by atoms with Crippen molar-refractivity contribution >= 4 is 34.4 Å². The summed E-state index contributed by atoms with van der Waals surface area (Å²) < 4.78 is 10.9. The maximum absolute atomic E-state index is 12.0. The zero-order chi connectivity index (χ0) is 18.9. The predicted molar refractivity (Wildman–Crippen MR) is 99.9 cm³/mol. The summed E-state index contributed by atoms with van der Waals surface area (Å²) in [6.45, 7) is 2.63. The number of carboxylic acids is 1. The number of nitrogens with zero attached hydrogens (tertiary/aromatic N) is 1. The van der Waals surface area contributed by atoms with E-state index in [1.54, 1.807) is 30.7 Å². The molecule has 0 aliphatic rings. The first-order chi connectivity index (χ1) is 12.5. The van der Waals surface area contributed by atoms with E-state index in [1.165, 1.54) is 17.4 Å². The van der Waals surface area contributed by atoms with Gasteiger partial charge in [-0.05, 0) is 30.2 Å². The van der Waals surface area contributed by atoms with Crippen molar-refractivity contribution in [3.05, 3.63) is 40.9 Å². The third kappa shape index (κ3) is 5.89. The minimum atomic E-state index is -0.964. The van der Waals surface area contributed by atoms with Crippen LogP contribution in [0, 0.1) is 0 Å². The number of carboxylic acid groups (broad SMARTS) is 1. The van der Waals surface area contributed by atoms with Crippen LogP contribution in [0.1, 0.15) is 24.6 Å². The average molecular weight is 376 g/mol. The van der Waals surface area contributed by atoms with Gasteiger partial charge in [-0.15, -0.1) is 11.3 Å². The minimum Gasteiger partial charge on any atom is -0.493 e. The van der Waals surface area contributed by atoms with Gasteiger partial charge in [-0.3, -0.25) is 14.9 Å². The van der Waals surface area contributed by atoms with Gasteiger partial charge in [-0.25, -0.2) is 4.98 Å². The van der Waals surface area contributed by atoms with Crippen LogP contribution in [0.25, 0.3) is 6.08 Å². The van der Waals surface area contributed by atoms with Crippen LogP contribution in [-0.2, 0) is 16.0 Å². The van der Waals surface area contributed by atoms with E-state index in [1.807, 2.05) is 13.0 Å². The van der Waals surface area contributed by atoms with Crippen molar-refractivity contribution in [3.63, 3.8) is 0 Å². The summed E-state index contributed by atoms with van der Waals surface area (Å²) in [4.78, 5) is 26.7. The van der Waals surface area contributed by atoms with E-state index in [9.17, 15) is 9.59 Å². The molecule has 1 aromatic carbocycles. The van der Waals surface area contributed by atoms with Gasteiger partial charge in [0.2, 0.25) is 5.91 Å². The molecular formula is C18H20N2O5S. The van der Waals surface area contributed by atoms with Gasteiger partial charge in [-0.1, -0.05) is 13.0 Å². The second-order valence-corrected chi connectivity index (χ2v) is 6.15. The van der Waals surface area contributed by atoms with E-state index in [-0.39, 0.29) is 12.3 Å². The second kappa shape index (κ2) is 9.57. The van der Waals surface area contributed by atoms with E-state index < -0.39 is 5.97 Å². The number of carbonyl (C=O) groups excluding carboxylic acids is 1. The van der Waals surface area contributed by atoms with Crippen molar-refractivity contribution in [1.29, 1.82) is 0 Å². The first-order valence-corrected chi connectivity index (χ1v) is 8.86. The van der Waals surface area contributed by atoms with Gasteiger partial charge in [0.05, 0.1) is 25.8 Å². The summed E-state index contributed by atoms with van der Waals surface area (Å²) in [5, 5.41) is 13.3. The molecule has 0 saturated heterocycles. The third-order valence-corrected chi connectivity index (χ3v) is 4.00. The Kier molecular flexibility index (Phi) is 7.16. The number of amides is 1. The van der Waals surface area contributed by atoms with Gasteiger partial charge < -0.3 is 14.6 Å². The van der Waals surface area contributed by atoms with E-state index in [4.69, 9.17) is 14.6 Å². The Bertz CT molecular complexity index is 801. The number of hydrogen-bond acceptors (Lipinski definition) is 6. The summed E-state index contributed by atoms with van der Waals surface area (Å²) in [6.07, 6.45) is 3.75. The Balaban J connectivity index is 1.98. The first kappa shape index (κ1) is 19.5. The Morgan fingerprint density at radius 3 is 2.85 bits per heavy atom. The van der Waals surface area contributed by atoms with Crippen LogP contribution in [0.5, 0.6) is 11.5 Å². The molecule has 138 valence electrons. The third-order valence-electron chi connectivity index (χ3n) is 3.19. The number of benzene rings is 1. The molecule has 0 bridgehead atoms. The Morgan fingerprint density at radius 1 is 1.35 bits per heavy atom. The van der Waals surface area contributed by atoms with Crippen molar-refractivity contribution in [3.8, 4) is 11.5 Å². The summed E-state index contributed by atoms with van der Waals surface area (Å²) in [6, 6.07) is 5.40. The number of thiazole rings is 1. The summed E-state index contributed by atoms with van der Waals surface area (Å²) >= 11 is 1.18. The number of carbonyl (C=O) groups is 2. The largest absolute Gasteiger partial charge is 0.493 e. The molecule has 8 heteroatoms. The molecule has 26 heavy (non-hydrogen) atoms. The highest BCUT2D eigenvalue weighted by molar-refractivity contribution is 7.14. The number of anilines is 1. The molecule has 0 fully saturated rings. The number of nitrogens with one attached hydrogen (secondary N) is 1. The quantitative estimate of drug-likeness (QED) is 0.652. The molecule has 1 amide bonds. The molecular weight excluding hydrogens is 356 g/mol. The van der Waals surface area contributed by atoms with Gasteiger partial charge >= 0.3 is 5.97 Å². The SMILES string of the molecule is CCCOc1ccc(/C=C/C(=O)Nc2nc(CC(=O)O)cs2)cc1OC. The van der Waals surface area contributed by atoms with Crippen LogP contribution in [-0.4, -0.2) is 35.7 Å². The zero-order valence-electron chi connectivity index (χ0n) is 14.5. The first-order valence-electron chi connectivity index (χ1n) is 7.98. The van der Waals surface area contributed by atoms with Crippen LogP contribution in [0.15, 0.2) is 29.7 Å². The van der Waals surface area contributed by atoms with Crippen molar-refractivity contribution in [2.24, 2.45) is 0 Å². The van der Waals surface area contributed by atoms with Gasteiger partial charge in [0.15, 0.2) is 16.6 Å². The molecule has 2 N–H and O–H groups in total. The van der Waals surface area contributed by atoms with Crippen LogP contribution >= 0.6 is 11.3 Å². The Morgan fingerprint density at radius 2 is 2.15 bits per heavy atom. The molecule has 2 aromatic rings. The number of aliphatic carboxylic acids is 1. The summed E-state index contributed by atoms with van der Waals surface area (Å²) in [7, 11) is 1.56. The molecule has 7 nitrogen and oxygen atoms in total. The molecule has 0 unspecified atom stereocenters. The predicted octanol–water partition coefficient (Wildman–Crippen LogP) is 3.22. The number of aromatic nitrogens is 1. The second-order valence-electron chi connectivity index (χ2n) is 5.30. The van der Waals surface area contributed by atoms with Crippen molar-refractivity contribution < 1.29 is 24.2 Å². The highest BCUT2D eigenvalue weighted by Crippen LogP contribution is 2.28. The van der Waals surface area contributed by atoms with E-state index in [0.717, 1.165) is 12.0 Å². The normalized spacial score (nSPS) is 10.7. The van der Waals surface area contributed by atoms with Gasteiger partial charge in [0.1, 0.15) is 0 Å². The minimum absolute atomic E-state index is 0.172. The lowest BCUT2D eigenvalue weighted by molar-refractivity contribution is -0.136. The lowest BCUT2D eigenvalue weighted by Crippen LogP contribution is -2.08. The summed E-state index contributed by atoms with van der Waals surface area (Å²) in [5.74, 6) is -0.0659. The average Bonchev–Trinajstić information content (AvgIpc) is 3.04. The number of ether oxygens (including phenoxy) is 2. The van der Waals surface area contributed by atoms with Crippen molar-refractivity contribution in [2.45, 2.75) is 19.8 Å². The molecule has 0 saturated carbocycles. The lowest BCUT2D eigenvalue weighted by Gasteiger charge is -2.10. The Labute approximate surface area is 155 Å². The standard InChI is InChI=1S/C18H20N2O5S/c1-3-8-25-14-6-4-12(9-15(14)24-2)5-7-16(21)20-18-19-13(11-26-18)10-17(22)23/h4-7,9,11H,3,8,10H2,1-2H3,(H,22,23)(H,19,20,21)/b7-5+. The number of rotatable bonds is 9. The topological polar surface area (TPSA) is 97.8 Å². The van der Waals surface area contributed by atoms with Crippen LogP contribution in [0.2, 0.25) is 0 Å². The molecule has 1 aromatic heterocycles. The molecule has 0 aliphatic heterocycles. The molecule has 1 heterocycles. The van der Waals surface area contributed by atoms with Gasteiger partial charge in [-0.2, -0.15) is 0 Å². The molecule has 2 rings (SSSR count). The van der Waals surface area contributed by atoms with Crippen LogP contribution in [0.3, 0.4) is 0 Å². The zero-order valence-corrected chi connectivity index (χ0v) is 15.3.